The van der Waals surface area contributed by atoms with Crippen LogP contribution >= 0.6 is 15.9 Å². The van der Waals surface area contributed by atoms with Crippen molar-refractivity contribution < 1.29 is 9.53 Å². The first kappa shape index (κ1) is 17.5. The molecule has 5 rings (SSSR count). The topological polar surface area (TPSA) is 106 Å². The van der Waals surface area contributed by atoms with Crippen LogP contribution in [0.4, 0.5) is 5.69 Å². The summed E-state index contributed by atoms with van der Waals surface area (Å²) < 4.78 is 8.26. The van der Waals surface area contributed by atoms with Crippen LogP contribution in [0.1, 0.15) is 16.8 Å². The largest absolute Gasteiger partial charge is 0.422 e. The molecule has 3 aromatic rings. The lowest BCUT2D eigenvalue weighted by atomic mass is 9.69. The van der Waals surface area contributed by atoms with Gasteiger partial charge in [0.2, 0.25) is 17.7 Å². The van der Waals surface area contributed by atoms with Gasteiger partial charge < -0.3 is 15.8 Å². The minimum atomic E-state index is -1.43. The van der Waals surface area contributed by atoms with E-state index in [2.05, 4.69) is 32.4 Å². The number of amides is 1. The van der Waals surface area contributed by atoms with Gasteiger partial charge in [0, 0.05) is 15.7 Å². The second-order valence-electron chi connectivity index (χ2n) is 6.86. The monoisotopic (exact) mass is 447 g/mol. The van der Waals surface area contributed by atoms with Crippen LogP contribution in [-0.2, 0) is 10.2 Å². The van der Waals surface area contributed by atoms with E-state index >= 15 is 0 Å². The Hall–Kier alpha value is -3.57. The molecule has 142 valence electrons. The number of para-hydroxylation sites is 1. The van der Waals surface area contributed by atoms with Crippen LogP contribution < -0.4 is 15.8 Å². The number of nitriles is 1. The number of nitrogens with zero attached hydrogens (tertiary/aromatic N) is 3. The second-order valence-corrected chi connectivity index (χ2v) is 7.78. The number of carbonyl (C=O) groups is 1. The highest BCUT2D eigenvalue weighted by Gasteiger charge is 2.58. The molecule has 0 bridgehead atoms. The highest BCUT2D eigenvalue weighted by atomic mass is 79.9. The molecule has 2 aliphatic heterocycles. The number of carbonyl (C=O) groups excluding carboxylic acids is 1. The van der Waals surface area contributed by atoms with Crippen LogP contribution in [0.2, 0.25) is 0 Å². The molecule has 0 saturated heterocycles. The number of halogens is 1. The van der Waals surface area contributed by atoms with Gasteiger partial charge in [-0.2, -0.15) is 10.4 Å². The number of ether oxygens (including phenoxy) is 1. The molecule has 3 heterocycles. The molecule has 0 fully saturated rings. The Bertz CT molecular complexity index is 1270. The van der Waals surface area contributed by atoms with E-state index in [4.69, 9.17) is 10.5 Å². The van der Waals surface area contributed by atoms with Crippen molar-refractivity contribution in [2.45, 2.75) is 12.3 Å². The number of nitrogens with two attached hydrogens (primary N) is 1. The Labute approximate surface area is 174 Å². The Morgan fingerprint density at radius 3 is 2.76 bits per heavy atom. The zero-order valence-corrected chi connectivity index (χ0v) is 16.8. The van der Waals surface area contributed by atoms with Crippen molar-refractivity contribution in [3.8, 4) is 17.6 Å². The number of aromatic nitrogens is 2. The summed E-state index contributed by atoms with van der Waals surface area (Å²) in [5.41, 5.74) is 7.91. The maximum Gasteiger partial charge on any atom is 0.245 e. The molecule has 29 heavy (non-hydrogen) atoms. The lowest BCUT2D eigenvalue weighted by Gasteiger charge is -2.32. The predicted octanol–water partition coefficient (Wildman–Crippen LogP) is 3.27. The van der Waals surface area contributed by atoms with Gasteiger partial charge in [-0.05, 0) is 37.3 Å². The molecule has 0 aliphatic carbocycles. The van der Waals surface area contributed by atoms with E-state index in [1.807, 2.05) is 42.5 Å². The summed E-state index contributed by atoms with van der Waals surface area (Å²) in [6.45, 7) is 1.79. The van der Waals surface area contributed by atoms with Gasteiger partial charge >= 0.3 is 0 Å². The third-order valence-electron chi connectivity index (χ3n) is 5.31. The Balaban J connectivity index is 1.91. The number of fused-ring (bicyclic) bond motifs is 4. The molecule has 0 radical (unpaired) electrons. The number of aryl methyl sites for hydroxylation is 1. The summed E-state index contributed by atoms with van der Waals surface area (Å²) in [6, 6.07) is 17.0. The highest BCUT2D eigenvalue weighted by molar-refractivity contribution is 9.10. The molecule has 1 spiro atoms. The Kier molecular flexibility index (Phi) is 3.60. The summed E-state index contributed by atoms with van der Waals surface area (Å²) >= 11 is 3.47. The summed E-state index contributed by atoms with van der Waals surface area (Å²) in [5.74, 6) is -0.140. The maximum atomic E-state index is 13.4. The van der Waals surface area contributed by atoms with Crippen molar-refractivity contribution in [3.63, 3.8) is 0 Å². The van der Waals surface area contributed by atoms with E-state index in [-0.39, 0.29) is 17.4 Å². The van der Waals surface area contributed by atoms with Gasteiger partial charge in [0.1, 0.15) is 17.1 Å². The van der Waals surface area contributed by atoms with Crippen LogP contribution in [0.25, 0.3) is 5.69 Å². The lowest BCUT2D eigenvalue weighted by Crippen LogP contribution is -2.42. The van der Waals surface area contributed by atoms with Crippen LogP contribution in [-0.4, -0.2) is 15.7 Å². The van der Waals surface area contributed by atoms with Crippen molar-refractivity contribution in [1.82, 2.24) is 9.78 Å². The fourth-order valence-corrected chi connectivity index (χ4v) is 4.51. The van der Waals surface area contributed by atoms with Gasteiger partial charge in [-0.25, -0.2) is 4.68 Å². The molecule has 1 atom stereocenters. The molecular weight excluding hydrogens is 434 g/mol. The lowest BCUT2D eigenvalue weighted by molar-refractivity contribution is -0.118. The third kappa shape index (κ3) is 2.16. The molecule has 2 aliphatic rings. The smallest absolute Gasteiger partial charge is 0.245 e. The zero-order valence-electron chi connectivity index (χ0n) is 15.2. The molecule has 0 unspecified atom stereocenters. The van der Waals surface area contributed by atoms with Crippen molar-refractivity contribution in [1.29, 1.82) is 5.26 Å². The standard InChI is InChI=1S/C21H14BrN5O2/c1-11-17-19(27(26-11)13-5-3-2-4-6-13)29-18(24)15(10-23)21(17)14-9-12(22)7-8-16(14)25-20(21)28/h2-9H,24H2,1H3,(H,25,28)/t21-/m1/s1. The average molecular weight is 448 g/mol. The van der Waals surface area contributed by atoms with Crippen LogP contribution in [0, 0.1) is 18.3 Å². The molecule has 2 aromatic carbocycles. The van der Waals surface area contributed by atoms with Gasteiger partial charge in [-0.3, -0.25) is 4.79 Å². The van der Waals surface area contributed by atoms with Gasteiger partial charge in [-0.15, -0.1) is 0 Å². The fourth-order valence-electron chi connectivity index (χ4n) is 4.15. The van der Waals surface area contributed by atoms with E-state index in [0.717, 1.165) is 10.2 Å². The van der Waals surface area contributed by atoms with Crippen molar-refractivity contribution in [2.24, 2.45) is 5.73 Å². The van der Waals surface area contributed by atoms with Crippen molar-refractivity contribution in [3.05, 3.63) is 81.3 Å². The summed E-state index contributed by atoms with van der Waals surface area (Å²) in [5, 5.41) is 17.5. The SMILES string of the molecule is Cc1nn(-c2ccccc2)c2c1[C@]1(C(=O)Nc3ccc(Br)cc31)C(C#N)=C(N)O2. The molecule has 0 saturated carbocycles. The van der Waals surface area contributed by atoms with E-state index in [1.54, 1.807) is 17.7 Å². The van der Waals surface area contributed by atoms with Crippen molar-refractivity contribution >= 4 is 27.5 Å². The number of hydrogen-bond donors (Lipinski definition) is 2. The number of benzene rings is 2. The van der Waals surface area contributed by atoms with E-state index in [9.17, 15) is 10.1 Å². The van der Waals surface area contributed by atoms with Crippen LogP contribution in [0.15, 0.2) is 64.5 Å². The number of anilines is 1. The quantitative estimate of drug-likeness (QED) is 0.595. The summed E-state index contributed by atoms with van der Waals surface area (Å²) in [6.07, 6.45) is 0. The zero-order chi connectivity index (χ0) is 20.3. The highest BCUT2D eigenvalue weighted by Crippen LogP contribution is 2.54. The van der Waals surface area contributed by atoms with Gasteiger partial charge in [0.15, 0.2) is 0 Å². The Morgan fingerprint density at radius 2 is 2.03 bits per heavy atom. The number of nitrogens with one attached hydrogen (secondary N) is 1. The first-order chi connectivity index (χ1) is 14.0. The first-order valence-electron chi connectivity index (χ1n) is 8.83. The van der Waals surface area contributed by atoms with Gasteiger partial charge in [-0.1, -0.05) is 34.1 Å². The summed E-state index contributed by atoms with van der Waals surface area (Å²) in [4.78, 5) is 13.4. The van der Waals surface area contributed by atoms with Crippen LogP contribution in [0.5, 0.6) is 5.88 Å². The molecule has 8 heteroatoms. The molecule has 7 nitrogen and oxygen atoms in total. The van der Waals surface area contributed by atoms with Crippen molar-refractivity contribution in [2.75, 3.05) is 5.32 Å². The average Bonchev–Trinajstić information content (AvgIpc) is 3.18. The maximum absolute atomic E-state index is 13.4. The summed E-state index contributed by atoms with van der Waals surface area (Å²) in [7, 11) is 0. The molecule has 1 amide bonds. The minimum absolute atomic E-state index is 0.0510. The second kappa shape index (κ2) is 5.96. The van der Waals surface area contributed by atoms with E-state index in [1.165, 1.54) is 0 Å². The molecule has 1 aromatic heterocycles. The number of hydrogen-bond acceptors (Lipinski definition) is 5. The Morgan fingerprint density at radius 1 is 1.28 bits per heavy atom. The number of rotatable bonds is 1. The first-order valence-corrected chi connectivity index (χ1v) is 9.63. The van der Waals surface area contributed by atoms with Gasteiger partial charge in [0.25, 0.3) is 0 Å². The van der Waals surface area contributed by atoms with Gasteiger partial charge in [0.05, 0.1) is 16.9 Å². The van der Waals surface area contributed by atoms with Crippen LogP contribution in [0.3, 0.4) is 0 Å². The third-order valence-corrected chi connectivity index (χ3v) is 5.80. The van der Waals surface area contributed by atoms with E-state index < -0.39 is 5.41 Å². The fraction of sp³-hybridized carbons (Fsp3) is 0.0952. The molecule has 3 N–H and O–H groups in total. The molecular formula is C21H14BrN5O2. The normalized spacial score (nSPS) is 19.4. The van der Waals surface area contributed by atoms with E-state index in [0.29, 0.717) is 28.4 Å². The minimum Gasteiger partial charge on any atom is -0.422 e. The predicted molar refractivity (Wildman–Crippen MR) is 109 cm³/mol.